The molecule has 0 spiro atoms. The van der Waals surface area contributed by atoms with Crippen LogP contribution in [0.2, 0.25) is 5.02 Å². The molecular formula is C17H19ClFN3O3. The largest absolute Gasteiger partial charge is 0.343 e. The molecule has 2 heterocycles. The standard InChI is InChI=1S/C17H19ClFN3O3/c18-13-2-1-3-14(19)12(13)4-5-15(23)21-8-6-11(7-9-21)22-16(24)10-20-17(22)25/h1-3,11H,4-10H2,(H,20,25). The van der Waals surface area contributed by atoms with Crippen LogP contribution in [0, 0.1) is 5.82 Å². The first-order valence-corrected chi connectivity index (χ1v) is 8.65. The van der Waals surface area contributed by atoms with Crippen LogP contribution in [0.25, 0.3) is 0 Å². The lowest BCUT2D eigenvalue weighted by Crippen LogP contribution is -2.49. The predicted molar refractivity (Wildman–Crippen MR) is 89.6 cm³/mol. The van der Waals surface area contributed by atoms with Crippen LogP contribution in [0.4, 0.5) is 9.18 Å². The summed E-state index contributed by atoms with van der Waals surface area (Å²) in [6.45, 7) is 0.999. The zero-order valence-electron chi connectivity index (χ0n) is 13.6. The Bertz CT molecular complexity index is 668. The monoisotopic (exact) mass is 367 g/mol. The zero-order chi connectivity index (χ0) is 18.0. The first-order valence-electron chi connectivity index (χ1n) is 8.28. The predicted octanol–water partition coefficient (Wildman–Crippen LogP) is 1.95. The number of carbonyl (C=O) groups excluding carboxylic acids is 3. The van der Waals surface area contributed by atoms with Crippen molar-refractivity contribution in [3.63, 3.8) is 0 Å². The number of hydrogen-bond acceptors (Lipinski definition) is 3. The first kappa shape index (κ1) is 17.7. The maximum absolute atomic E-state index is 13.8. The van der Waals surface area contributed by atoms with Crippen molar-refractivity contribution < 1.29 is 18.8 Å². The number of likely N-dealkylation sites (tertiary alicyclic amines) is 1. The van der Waals surface area contributed by atoms with Crippen LogP contribution in [0.5, 0.6) is 0 Å². The van der Waals surface area contributed by atoms with E-state index in [0.717, 1.165) is 0 Å². The molecule has 0 unspecified atom stereocenters. The van der Waals surface area contributed by atoms with E-state index in [9.17, 15) is 18.8 Å². The average Bonchev–Trinajstić information content (AvgIpc) is 2.93. The fourth-order valence-corrected chi connectivity index (χ4v) is 3.60. The second-order valence-corrected chi connectivity index (χ2v) is 6.64. The number of nitrogens with one attached hydrogen (secondary N) is 1. The second-order valence-electron chi connectivity index (χ2n) is 6.23. The zero-order valence-corrected chi connectivity index (χ0v) is 14.4. The van der Waals surface area contributed by atoms with E-state index in [4.69, 9.17) is 11.6 Å². The smallest absolute Gasteiger partial charge is 0.324 e. The van der Waals surface area contributed by atoms with Gasteiger partial charge in [0.2, 0.25) is 11.8 Å². The number of halogens is 2. The Balaban J connectivity index is 1.52. The molecule has 0 aromatic heterocycles. The number of carbonyl (C=O) groups is 3. The van der Waals surface area contributed by atoms with Crippen molar-refractivity contribution in [3.05, 3.63) is 34.6 Å². The van der Waals surface area contributed by atoms with Crippen LogP contribution in [0.3, 0.4) is 0 Å². The minimum Gasteiger partial charge on any atom is -0.343 e. The van der Waals surface area contributed by atoms with Crippen LogP contribution in [-0.4, -0.2) is 53.3 Å². The molecule has 0 saturated carbocycles. The normalized spacial score (nSPS) is 18.6. The van der Waals surface area contributed by atoms with E-state index in [2.05, 4.69) is 5.32 Å². The van der Waals surface area contributed by atoms with Crippen LogP contribution in [0.15, 0.2) is 18.2 Å². The third-order valence-electron chi connectivity index (χ3n) is 4.71. The topological polar surface area (TPSA) is 69.7 Å². The van der Waals surface area contributed by atoms with E-state index in [1.165, 1.54) is 17.0 Å². The van der Waals surface area contributed by atoms with Gasteiger partial charge in [0, 0.05) is 36.1 Å². The van der Waals surface area contributed by atoms with Gasteiger partial charge in [-0.15, -0.1) is 0 Å². The Labute approximate surface area is 149 Å². The Morgan fingerprint density at radius 2 is 2.00 bits per heavy atom. The maximum atomic E-state index is 13.8. The molecule has 2 fully saturated rings. The number of nitrogens with zero attached hydrogens (tertiary/aromatic N) is 2. The minimum absolute atomic E-state index is 0.0430. The van der Waals surface area contributed by atoms with E-state index in [0.29, 0.717) is 36.5 Å². The highest BCUT2D eigenvalue weighted by Crippen LogP contribution is 2.22. The minimum atomic E-state index is -0.405. The molecule has 4 amide bonds. The number of imide groups is 1. The van der Waals surface area contributed by atoms with Crippen molar-refractivity contribution in [2.24, 2.45) is 0 Å². The van der Waals surface area contributed by atoms with Gasteiger partial charge < -0.3 is 10.2 Å². The summed E-state index contributed by atoms with van der Waals surface area (Å²) in [5, 5.41) is 2.83. The maximum Gasteiger partial charge on any atom is 0.324 e. The molecule has 1 aromatic carbocycles. The van der Waals surface area contributed by atoms with Gasteiger partial charge in [-0.05, 0) is 31.4 Å². The highest BCUT2D eigenvalue weighted by molar-refractivity contribution is 6.31. The molecule has 2 aliphatic heterocycles. The Hall–Kier alpha value is -2.15. The molecule has 8 heteroatoms. The van der Waals surface area contributed by atoms with E-state index < -0.39 is 5.82 Å². The lowest BCUT2D eigenvalue weighted by atomic mass is 10.0. The fraction of sp³-hybridized carbons (Fsp3) is 0.471. The third kappa shape index (κ3) is 3.76. The van der Waals surface area contributed by atoms with E-state index in [1.807, 2.05) is 0 Å². The first-order chi connectivity index (χ1) is 12.0. The number of amides is 4. The molecule has 2 aliphatic rings. The summed E-state index contributed by atoms with van der Waals surface area (Å²) in [6, 6.07) is 3.94. The lowest BCUT2D eigenvalue weighted by molar-refractivity contribution is -0.133. The number of urea groups is 1. The van der Waals surface area contributed by atoms with Gasteiger partial charge in [0.25, 0.3) is 0 Å². The highest BCUT2D eigenvalue weighted by Gasteiger charge is 2.37. The second kappa shape index (κ2) is 7.39. The van der Waals surface area contributed by atoms with E-state index >= 15 is 0 Å². The number of benzene rings is 1. The average molecular weight is 368 g/mol. The van der Waals surface area contributed by atoms with Gasteiger partial charge in [0.05, 0.1) is 6.54 Å². The van der Waals surface area contributed by atoms with E-state index in [1.54, 1.807) is 11.0 Å². The third-order valence-corrected chi connectivity index (χ3v) is 5.07. The fourth-order valence-electron chi connectivity index (χ4n) is 3.34. The molecule has 3 rings (SSSR count). The lowest BCUT2D eigenvalue weighted by Gasteiger charge is -2.35. The Kier molecular flexibility index (Phi) is 5.22. The SMILES string of the molecule is O=C(CCc1c(F)cccc1Cl)N1CCC(N2C(=O)CNC2=O)CC1. The van der Waals surface area contributed by atoms with Crippen molar-refractivity contribution in [2.45, 2.75) is 31.7 Å². The molecular weight excluding hydrogens is 349 g/mol. The highest BCUT2D eigenvalue weighted by atomic mass is 35.5. The molecule has 25 heavy (non-hydrogen) atoms. The molecule has 6 nitrogen and oxygen atoms in total. The van der Waals surface area contributed by atoms with Crippen molar-refractivity contribution in [2.75, 3.05) is 19.6 Å². The van der Waals surface area contributed by atoms with Gasteiger partial charge >= 0.3 is 6.03 Å². The Morgan fingerprint density at radius 3 is 2.60 bits per heavy atom. The van der Waals surface area contributed by atoms with E-state index in [-0.39, 0.29) is 43.3 Å². The summed E-state index contributed by atoms with van der Waals surface area (Å²) < 4.78 is 13.8. The van der Waals surface area contributed by atoms with Crippen LogP contribution in [0.1, 0.15) is 24.8 Å². The van der Waals surface area contributed by atoms with Gasteiger partial charge in [-0.3, -0.25) is 14.5 Å². The summed E-state index contributed by atoms with van der Waals surface area (Å²) in [7, 11) is 0. The summed E-state index contributed by atoms with van der Waals surface area (Å²) in [5.41, 5.74) is 0.353. The molecule has 0 radical (unpaired) electrons. The molecule has 0 bridgehead atoms. The van der Waals surface area contributed by atoms with Crippen LogP contribution < -0.4 is 5.32 Å². The van der Waals surface area contributed by atoms with Crippen molar-refractivity contribution >= 4 is 29.4 Å². The molecule has 1 aromatic rings. The molecule has 1 N–H and O–H groups in total. The van der Waals surface area contributed by atoms with Gasteiger partial charge in [0.1, 0.15) is 5.82 Å². The molecule has 0 atom stereocenters. The van der Waals surface area contributed by atoms with Crippen molar-refractivity contribution in [1.82, 2.24) is 15.1 Å². The van der Waals surface area contributed by atoms with Crippen molar-refractivity contribution in [3.8, 4) is 0 Å². The van der Waals surface area contributed by atoms with Crippen molar-refractivity contribution in [1.29, 1.82) is 0 Å². The summed E-state index contributed by atoms with van der Waals surface area (Å²) in [6.07, 6.45) is 1.54. The number of hydrogen-bond donors (Lipinski definition) is 1. The number of piperidine rings is 1. The molecule has 134 valence electrons. The van der Waals surface area contributed by atoms with Crippen LogP contribution in [-0.2, 0) is 16.0 Å². The number of rotatable bonds is 4. The van der Waals surface area contributed by atoms with Gasteiger partial charge in [-0.25, -0.2) is 9.18 Å². The van der Waals surface area contributed by atoms with Crippen LogP contribution >= 0.6 is 11.6 Å². The quantitative estimate of drug-likeness (QED) is 0.827. The van der Waals surface area contributed by atoms with Gasteiger partial charge in [-0.2, -0.15) is 0 Å². The molecule has 2 saturated heterocycles. The summed E-state index contributed by atoms with van der Waals surface area (Å²) in [4.78, 5) is 38.7. The Morgan fingerprint density at radius 1 is 1.28 bits per heavy atom. The van der Waals surface area contributed by atoms with Gasteiger partial charge in [-0.1, -0.05) is 17.7 Å². The van der Waals surface area contributed by atoms with Gasteiger partial charge in [0.15, 0.2) is 0 Å². The summed E-state index contributed by atoms with van der Waals surface area (Å²) in [5.74, 6) is -0.698. The molecule has 0 aliphatic carbocycles. The summed E-state index contributed by atoms with van der Waals surface area (Å²) >= 11 is 5.98.